The summed E-state index contributed by atoms with van der Waals surface area (Å²) in [5.74, 6) is 0. The fourth-order valence-corrected chi connectivity index (χ4v) is 4.77. The first-order valence-corrected chi connectivity index (χ1v) is 9.96. The molecule has 2 aliphatic heterocycles. The van der Waals surface area contributed by atoms with Crippen molar-refractivity contribution in [2.75, 3.05) is 18.5 Å². The topological polar surface area (TPSA) is 6.25 Å². The Hall–Kier alpha value is -2.75. The molecule has 0 saturated carbocycles. The monoisotopic (exact) mass is 393 g/mol. The lowest BCUT2D eigenvalue weighted by Gasteiger charge is -2.24. The molecule has 4 rings (SSSR count). The fourth-order valence-electron chi connectivity index (χ4n) is 4.77. The number of benzene rings is 2. The van der Waals surface area contributed by atoms with E-state index in [4.69, 9.17) is 0 Å². The van der Waals surface area contributed by atoms with Gasteiger partial charge in [-0.15, -0.1) is 0 Å². The van der Waals surface area contributed by atoms with Crippen LogP contribution in [0.3, 0.4) is 0 Å². The Morgan fingerprint density at radius 2 is 1.55 bits per heavy atom. The molecule has 0 spiro atoms. The summed E-state index contributed by atoms with van der Waals surface area (Å²) in [6, 6.07) is 15.9. The number of anilines is 1. The van der Waals surface area contributed by atoms with Crippen molar-refractivity contribution in [3.05, 3.63) is 83.6 Å². The van der Waals surface area contributed by atoms with E-state index in [0.717, 1.165) is 33.9 Å². The average molecular weight is 394 g/mol. The summed E-state index contributed by atoms with van der Waals surface area (Å²) in [5.41, 5.74) is 5.25. The van der Waals surface area contributed by atoms with Crippen LogP contribution in [0.4, 0.5) is 20.2 Å². The largest absolute Gasteiger partial charge is 0.316 e. The summed E-state index contributed by atoms with van der Waals surface area (Å²) < 4.78 is 29.5. The molecule has 29 heavy (non-hydrogen) atoms. The maximum atomic E-state index is 13.9. The van der Waals surface area contributed by atoms with E-state index in [1.807, 2.05) is 54.6 Å². The molecule has 0 unspecified atom stereocenters. The van der Waals surface area contributed by atoms with Crippen LogP contribution in [0.15, 0.2) is 72.5 Å². The molecular formula is C25H27F2N2+. The molecule has 2 heterocycles. The Balaban J connectivity index is 1.74. The summed E-state index contributed by atoms with van der Waals surface area (Å²) in [6.07, 6.45) is 5.85. The normalized spacial score (nSPS) is 20.6. The molecule has 0 aliphatic carbocycles. The number of para-hydroxylation sites is 2. The molecule has 2 aromatic rings. The molecule has 0 radical (unpaired) electrons. The van der Waals surface area contributed by atoms with Crippen LogP contribution < -0.4 is 4.90 Å². The number of fused-ring (bicyclic) bond motifs is 2. The van der Waals surface area contributed by atoms with Crippen LogP contribution in [-0.2, 0) is 10.8 Å². The zero-order chi connectivity index (χ0) is 20.8. The standard InChI is InChI=1S/C25H27F2N2/c1-24(2)18-10-5-7-12-20(18)28(16-26)22(24)14-9-15-23-25(3,4)19-11-6-8-13-21(19)29(23)17-27/h5-15H,16-17H2,1-4H3/q+1. The molecule has 0 fully saturated rings. The van der Waals surface area contributed by atoms with Crippen molar-refractivity contribution in [3.63, 3.8) is 0 Å². The van der Waals surface area contributed by atoms with Crippen LogP contribution in [-0.4, -0.2) is 23.9 Å². The first-order valence-electron chi connectivity index (χ1n) is 9.96. The van der Waals surface area contributed by atoms with Gasteiger partial charge in [0.25, 0.3) is 6.80 Å². The van der Waals surface area contributed by atoms with E-state index in [1.165, 1.54) is 0 Å². The highest BCUT2D eigenvalue weighted by molar-refractivity contribution is 6.03. The van der Waals surface area contributed by atoms with Gasteiger partial charge in [0.1, 0.15) is 0 Å². The molecule has 150 valence electrons. The van der Waals surface area contributed by atoms with E-state index in [2.05, 4.69) is 39.8 Å². The predicted octanol–water partition coefficient (Wildman–Crippen LogP) is 6.15. The van der Waals surface area contributed by atoms with Crippen LogP contribution in [0, 0.1) is 0 Å². The number of rotatable bonds is 4. The van der Waals surface area contributed by atoms with Gasteiger partial charge >= 0.3 is 0 Å². The average Bonchev–Trinajstić information content (AvgIpc) is 3.07. The molecule has 2 nitrogen and oxygen atoms in total. The van der Waals surface area contributed by atoms with Gasteiger partial charge < -0.3 is 4.90 Å². The number of alkyl halides is 2. The summed E-state index contributed by atoms with van der Waals surface area (Å²) in [5, 5.41) is 0. The minimum absolute atomic E-state index is 0.300. The van der Waals surface area contributed by atoms with Crippen LogP contribution >= 0.6 is 0 Å². The van der Waals surface area contributed by atoms with Crippen molar-refractivity contribution in [2.24, 2.45) is 0 Å². The molecule has 0 N–H and O–H groups in total. The quantitative estimate of drug-likeness (QED) is 0.446. The van der Waals surface area contributed by atoms with E-state index in [9.17, 15) is 8.78 Å². The number of hydrogen-bond donors (Lipinski definition) is 0. The molecule has 0 amide bonds. The van der Waals surface area contributed by atoms with Gasteiger partial charge in [-0.1, -0.05) is 56.3 Å². The molecular weight excluding hydrogens is 366 g/mol. The summed E-state index contributed by atoms with van der Waals surface area (Å²) in [7, 11) is 0. The molecule has 2 aromatic carbocycles. The lowest BCUT2D eigenvalue weighted by molar-refractivity contribution is -0.465. The Labute approximate surface area is 171 Å². The van der Waals surface area contributed by atoms with Crippen molar-refractivity contribution in [2.45, 2.75) is 38.5 Å². The SMILES string of the molecule is CC1(C)C(/C=C/C=C2/N(CF)c3ccccc3C2(C)C)=[N+](CF)c2ccccc21. The van der Waals surface area contributed by atoms with Crippen LogP contribution in [0.1, 0.15) is 38.8 Å². The van der Waals surface area contributed by atoms with Crippen molar-refractivity contribution in [3.8, 4) is 0 Å². The minimum atomic E-state index is -0.579. The maximum Gasteiger partial charge on any atom is 0.290 e. The lowest BCUT2D eigenvalue weighted by Crippen LogP contribution is -2.27. The second-order valence-electron chi connectivity index (χ2n) is 8.68. The van der Waals surface area contributed by atoms with E-state index in [0.29, 0.717) is 0 Å². The van der Waals surface area contributed by atoms with Gasteiger partial charge in [-0.3, -0.25) is 0 Å². The molecule has 4 heteroatoms. The fraction of sp³-hybridized carbons (Fsp3) is 0.320. The van der Waals surface area contributed by atoms with Crippen molar-refractivity contribution in [1.82, 2.24) is 0 Å². The van der Waals surface area contributed by atoms with Crippen molar-refractivity contribution in [1.29, 1.82) is 0 Å². The van der Waals surface area contributed by atoms with Gasteiger partial charge in [0.15, 0.2) is 12.5 Å². The van der Waals surface area contributed by atoms with Crippen LogP contribution in [0.2, 0.25) is 0 Å². The van der Waals surface area contributed by atoms with Gasteiger partial charge in [0.2, 0.25) is 5.69 Å². The van der Waals surface area contributed by atoms with Crippen LogP contribution in [0.5, 0.6) is 0 Å². The third-order valence-electron chi connectivity index (χ3n) is 6.35. The van der Waals surface area contributed by atoms with E-state index >= 15 is 0 Å². The van der Waals surface area contributed by atoms with Gasteiger partial charge in [-0.2, -0.15) is 8.97 Å². The van der Waals surface area contributed by atoms with Gasteiger partial charge in [0, 0.05) is 34.5 Å². The van der Waals surface area contributed by atoms with Gasteiger partial charge in [-0.05, 0) is 31.6 Å². The Morgan fingerprint density at radius 3 is 2.24 bits per heavy atom. The van der Waals surface area contributed by atoms with Gasteiger partial charge in [-0.25, -0.2) is 4.39 Å². The van der Waals surface area contributed by atoms with E-state index in [-0.39, 0.29) is 10.8 Å². The number of nitrogens with zero attached hydrogens (tertiary/aromatic N) is 2. The number of hydrogen-bond acceptors (Lipinski definition) is 1. The molecule has 0 saturated heterocycles. The third-order valence-corrected chi connectivity index (χ3v) is 6.35. The Morgan fingerprint density at radius 1 is 0.897 bits per heavy atom. The number of halogens is 2. The maximum absolute atomic E-state index is 13.9. The lowest BCUT2D eigenvalue weighted by atomic mass is 9.81. The molecule has 0 bridgehead atoms. The Bertz CT molecular complexity index is 1040. The molecule has 0 atom stereocenters. The highest BCUT2D eigenvalue weighted by atomic mass is 19.1. The van der Waals surface area contributed by atoms with E-state index < -0.39 is 13.6 Å². The molecule has 0 aromatic heterocycles. The predicted molar refractivity (Wildman–Crippen MR) is 116 cm³/mol. The summed E-state index contributed by atoms with van der Waals surface area (Å²) in [4.78, 5) is 1.71. The first-order chi connectivity index (χ1) is 13.8. The van der Waals surface area contributed by atoms with Gasteiger partial charge in [0.05, 0.1) is 5.41 Å². The summed E-state index contributed by atoms with van der Waals surface area (Å²) >= 11 is 0. The Kier molecular flexibility index (Phi) is 4.68. The zero-order valence-electron chi connectivity index (χ0n) is 17.4. The first kappa shape index (κ1) is 19.6. The number of allylic oxidation sites excluding steroid dienone is 4. The highest BCUT2D eigenvalue weighted by Gasteiger charge is 2.44. The van der Waals surface area contributed by atoms with Crippen LogP contribution in [0.25, 0.3) is 0 Å². The summed E-state index contributed by atoms with van der Waals surface area (Å²) in [6.45, 7) is 7.28. The van der Waals surface area contributed by atoms with Crippen molar-refractivity contribution < 1.29 is 13.4 Å². The second kappa shape index (κ2) is 6.94. The zero-order valence-corrected chi connectivity index (χ0v) is 17.4. The highest BCUT2D eigenvalue weighted by Crippen LogP contribution is 2.47. The smallest absolute Gasteiger partial charge is 0.290 e. The second-order valence-corrected chi connectivity index (χ2v) is 8.68. The third kappa shape index (κ3) is 2.85. The minimum Gasteiger partial charge on any atom is -0.316 e. The van der Waals surface area contributed by atoms with E-state index in [1.54, 1.807) is 9.48 Å². The molecule has 2 aliphatic rings. The van der Waals surface area contributed by atoms with Crippen molar-refractivity contribution >= 4 is 17.1 Å².